The van der Waals surface area contributed by atoms with Crippen LogP contribution in [0.2, 0.25) is 0 Å². The van der Waals surface area contributed by atoms with E-state index < -0.39 is 39.7 Å². The molecule has 2 heterocycles. The number of rotatable bonds is 3. The summed E-state index contributed by atoms with van der Waals surface area (Å²) in [5, 5.41) is 8.94. The Morgan fingerprint density at radius 3 is 2.50 bits per heavy atom. The Morgan fingerprint density at radius 2 is 1.93 bits per heavy atom. The third kappa shape index (κ3) is 2.22. The Balaban J connectivity index is 1.78. The number of carbonyl (C=O) groups is 1. The number of hydrogen-bond acceptors (Lipinski definition) is 5. The van der Waals surface area contributed by atoms with Gasteiger partial charge in [-0.15, -0.1) is 0 Å². The molecule has 1 aliphatic heterocycles. The lowest BCUT2D eigenvalue weighted by Crippen LogP contribution is -2.46. The molecule has 7 nitrogen and oxygen atoms in total. The van der Waals surface area contributed by atoms with Gasteiger partial charge in [-0.2, -0.15) is 0 Å². The number of anilines is 2. The number of nitrogen functional groups attached to an aromatic ring is 1. The van der Waals surface area contributed by atoms with Crippen LogP contribution in [0, 0.1) is 23.5 Å². The van der Waals surface area contributed by atoms with Crippen molar-refractivity contribution in [1.82, 2.24) is 4.57 Å². The third-order valence-corrected chi connectivity index (χ3v) is 6.47. The molecule has 3 aliphatic rings. The van der Waals surface area contributed by atoms with Crippen molar-refractivity contribution in [2.75, 3.05) is 23.7 Å². The molecule has 0 amide bonds. The molecule has 28 heavy (non-hydrogen) atoms. The van der Waals surface area contributed by atoms with E-state index in [1.165, 1.54) is 4.57 Å². The number of aromatic carboxylic acids is 1. The first-order valence-corrected chi connectivity index (χ1v) is 9.38. The number of benzene rings is 1. The first-order valence-electron chi connectivity index (χ1n) is 9.38. The molecule has 2 aliphatic carbocycles. The molecular formula is C19H20F2N4O3. The number of pyridine rings is 1. The van der Waals surface area contributed by atoms with Gasteiger partial charge in [0.2, 0.25) is 5.43 Å². The smallest absolute Gasteiger partial charge is 0.341 e. The molecule has 9 heteroatoms. The van der Waals surface area contributed by atoms with E-state index in [4.69, 9.17) is 11.5 Å². The molecular weight excluding hydrogens is 370 g/mol. The maximum Gasteiger partial charge on any atom is 0.341 e. The lowest BCUT2D eigenvalue weighted by atomic mass is 9.72. The van der Waals surface area contributed by atoms with Gasteiger partial charge in [0.05, 0.1) is 16.6 Å². The van der Waals surface area contributed by atoms with Crippen molar-refractivity contribution >= 4 is 28.2 Å². The Bertz CT molecular complexity index is 1100. The molecule has 3 atom stereocenters. The van der Waals surface area contributed by atoms with Crippen LogP contribution in [0.4, 0.5) is 20.2 Å². The van der Waals surface area contributed by atoms with Gasteiger partial charge in [-0.05, 0) is 31.1 Å². The summed E-state index contributed by atoms with van der Waals surface area (Å²) < 4.78 is 32.2. The molecule has 5 N–H and O–H groups in total. The van der Waals surface area contributed by atoms with E-state index in [1.807, 2.05) is 0 Å². The van der Waals surface area contributed by atoms with Gasteiger partial charge in [-0.25, -0.2) is 13.6 Å². The topological polar surface area (TPSA) is 115 Å². The average molecular weight is 390 g/mol. The lowest BCUT2D eigenvalue weighted by molar-refractivity contribution is 0.0695. The molecule has 0 spiro atoms. The Kier molecular flexibility index (Phi) is 3.52. The highest BCUT2D eigenvalue weighted by atomic mass is 19.1. The van der Waals surface area contributed by atoms with Crippen LogP contribution in [0.5, 0.6) is 0 Å². The van der Waals surface area contributed by atoms with Crippen LogP contribution in [0.15, 0.2) is 11.0 Å². The van der Waals surface area contributed by atoms with E-state index in [-0.39, 0.29) is 29.2 Å². The van der Waals surface area contributed by atoms with Crippen LogP contribution >= 0.6 is 0 Å². The van der Waals surface area contributed by atoms with Crippen LogP contribution in [-0.4, -0.2) is 34.8 Å². The molecule has 1 aromatic carbocycles. The summed E-state index contributed by atoms with van der Waals surface area (Å²) >= 11 is 0. The van der Waals surface area contributed by atoms with Crippen molar-refractivity contribution in [2.24, 2.45) is 17.6 Å². The standard InChI is InChI=1S/C19H20F2N4O3/c20-13-15(23)12-16(25(8-1-2-8)6-10(18(12)26)19(27)28)14(21)17(13)24-4-7-3-11(22)9(7)5-24/h6-9,11H,1-5,22-23H2,(H,27,28)/t7-,9+,11-/m0/s1. The number of aromatic nitrogens is 1. The number of carboxylic acids is 1. The Labute approximate surface area is 158 Å². The van der Waals surface area contributed by atoms with Gasteiger partial charge in [0.25, 0.3) is 0 Å². The number of halogens is 2. The fourth-order valence-corrected chi connectivity index (χ4v) is 4.76. The van der Waals surface area contributed by atoms with Crippen molar-refractivity contribution in [2.45, 2.75) is 31.3 Å². The van der Waals surface area contributed by atoms with Crippen LogP contribution < -0.4 is 21.8 Å². The number of hydrogen-bond donors (Lipinski definition) is 3. The predicted octanol–water partition coefficient (Wildman–Crippen LogP) is 1.68. The van der Waals surface area contributed by atoms with E-state index in [0.717, 1.165) is 25.5 Å². The van der Waals surface area contributed by atoms with E-state index >= 15 is 8.78 Å². The molecule has 2 aromatic rings. The van der Waals surface area contributed by atoms with Crippen LogP contribution in [0.3, 0.4) is 0 Å². The van der Waals surface area contributed by atoms with E-state index in [0.29, 0.717) is 19.0 Å². The average Bonchev–Trinajstić information content (AvgIpc) is 3.42. The predicted molar refractivity (Wildman–Crippen MR) is 99.6 cm³/mol. The van der Waals surface area contributed by atoms with Gasteiger partial charge in [0, 0.05) is 31.4 Å². The Hall–Kier alpha value is -2.68. The first kappa shape index (κ1) is 17.4. The maximum atomic E-state index is 15.6. The zero-order valence-electron chi connectivity index (χ0n) is 15.0. The minimum absolute atomic E-state index is 0.0293. The second kappa shape index (κ2) is 5.66. The second-order valence-corrected chi connectivity index (χ2v) is 8.16. The number of nitrogens with two attached hydrogens (primary N) is 2. The summed E-state index contributed by atoms with van der Waals surface area (Å²) in [4.78, 5) is 25.7. The van der Waals surface area contributed by atoms with Gasteiger partial charge in [-0.3, -0.25) is 4.79 Å². The SMILES string of the molecule is Nc1c(F)c(N2C[C@@H]3C[C@H](N)[C@@H]3C2)c(F)c2c1c(=O)c(C(=O)O)cn2C1CC1. The van der Waals surface area contributed by atoms with E-state index in [2.05, 4.69) is 0 Å². The zero-order chi connectivity index (χ0) is 19.9. The van der Waals surface area contributed by atoms with Crippen molar-refractivity contribution in [3.63, 3.8) is 0 Å². The van der Waals surface area contributed by atoms with Crippen molar-refractivity contribution in [1.29, 1.82) is 0 Å². The molecule has 2 saturated carbocycles. The van der Waals surface area contributed by atoms with Crippen molar-refractivity contribution in [3.8, 4) is 0 Å². The van der Waals surface area contributed by atoms with E-state index in [9.17, 15) is 14.7 Å². The molecule has 0 unspecified atom stereocenters. The Morgan fingerprint density at radius 1 is 1.21 bits per heavy atom. The summed E-state index contributed by atoms with van der Waals surface area (Å²) in [5.74, 6) is -2.84. The largest absolute Gasteiger partial charge is 0.477 e. The zero-order valence-corrected chi connectivity index (χ0v) is 15.0. The molecule has 148 valence electrons. The molecule has 0 bridgehead atoms. The second-order valence-electron chi connectivity index (χ2n) is 8.16. The molecule has 3 fully saturated rings. The van der Waals surface area contributed by atoms with Gasteiger partial charge >= 0.3 is 5.97 Å². The summed E-state index contributed by atoms with van der Waals surface area (Å²) in [6.07, 6.45) is 3.43. The minimum Gasteiger partial charge on any atom is -0.477 e. The number of fused-ring (bicyclic) bond motifs is 2. The third-order valence-electron chi connectivity index (χ3n) is 6.47. The van der Waals surface area contributed by atoms with Crippen LogP contribution in [0.25, 0.3) is 10.9 Å². The molecule has 1 aromatic heterocycles. The number of nitrogens with zero attached hydrogens (tertiary/aromatic N) is 2. The van der Waals surface area contributed by atoms with Gasteiger partial charge in [-0.1, -0.05) is 0 Å². The van der Waals surface area contributed by atoms with Crippen molar-refractivity contribution < 1.29 is 18.7 Å². The summed E-state index contributed by atoms with van der Waals surface area (Å²) in [6.45, 7) is 0.920. The maximum absolute atomic E-state index is 15.6. The highest BCUT2D eigenvalue weighted by Gasteiger charge is 2.46. The van der Waals surface area contributed by atoms with Crippen LogP contribution in [0.1, 0.15) is 35.7 Å². The summed E-state index contributed by atoms with van der Waals surface area (Å²) in [6, 6.07) is -0.0988. The molecule has 5 rings (SSSR count). The molecule has 1 saturated heterocycles. The number of carboxylic acid groups (broad SMARTS) is 1. The van der Waals surface area contributed by atoms with Crippen LogP contribution in [-0.2, 0) is 0 Å². The molecule has 0 radical (unpaired) electrons. The lowest BCUT2D eigenvalue weighted by Gasteiger charge is -2.36. The minimum atomic E-state index is -1.45. The highest BCUT2D eigenvalue weighted by molar-refractivity contribution is 5.99. The fraction of sp³-hybridized carbons (Fsp3) is 0.474. The monoisotopic (exact) mass is 390 g/mol. The highest BCUT2D eigenvalue weighted by Crippen LogP contribution is 2.46. The normalized spacial score (nSPS) is 26.4. The summed E-state index contributed by atoms with van der Waals surface area (Å²) in [5.41, 5.74) is 9.55. The first-order chi connectivity index (χ1) is 13.3. The summed E-state index contributed by atoms with van der Waals surface area (Å²) in [7, 11) is 0. The van der Waals surface area contributed by atoms with Crippen molar-refractivity contribution in [3.05, 3.63) is 33.6 Å². The quantitative estimate of drug-likeness (QED) is 0.687. The van der Waals surface area contributed by atoms with Gasteiger partial charge < -0.3 is 26.0 Å². The van der Waals surface area contributed by atoms with E-state index in [1.54, 1.807) is 4.90 Å². The van der Waals surface area contributed by atoms with Gasteiger partial charge in [0.1, 0.15) is 11.3 Å². The van der Waals surface area contributed by atoms with Gasteiger partial charge in [0.15, 0.2) is 11.6 Å². The fourth-order valence-electron chi connectivity index (χ4n) is 4.76.